The fraction of sp³-hybridized carbons (Fsp3) is 0.0769. The average molecular weight is 246 g/mol. The van der Waals surface area contributed by atoms with Crippen LogP contribution in [-0.4, -0.2) is 11.1 Å². The lowest BCUT2D eigenvalue weighted by Gasteiger charge is -2.03. The quantitative estimate of drug-likeness (QED) is 0.827. The van der Waals surface area contributed by atoms with Crippen molar-refractivity contribution in [2.75, 3.05) is 0 Å². The minimum atomic E-state index is -0.639. The van der Waals surface area contributed by atoms with Gasteiger partial charge in [-0.05, 0) is 12.1 Å². The highest BCUT2D eigenvalue weighted by Gasteiger charge is 2.11. The van der Waals surface area contributed by atoms with Crippen molar-refractivity contribution in [3.8, 4) is 5.75 Å². The number of benzene rings is 1. The molecule has 18 heavy (non-hydrogen) atoms. The summed E-state index contributed by atoms with van der Waals surface area (Å²) in [5.41, 5.74) is -0.183. The molecule has 0 aliphatic heterocycles. The molecule has 0 amide bonds. The summed E-state index contributed by atoms with van der Waals surface area (Å²) in [5.74, 6) is -0.736. The van der Waals surface area contributed by atoms with Gasteiger partial charge in [-0.2, -0.15) is 0 Å². The second-order valence-corrected chi connectivity index (χ2v) is 3.49. The number of hydrogen-bond donors (Lipinski definition) is 1. The summed E-state index contributed by atoms with van der Waals surface area (Å²) in [5, 5.41) is 8.77. The maximum atomic E-state index is 11.7. The maximum Gasteiger partial charge on any atom is 0.343 e. The molecule has 1 N–H and O–H groups in total. The third kappa shape index (κ3) is 2.64. The molecule has 0 radical (unpaired) electrons. The predicted octanol–water partition coefficient (Wildman–Crippen LogP) is 1.35. The first-order valence-corrected chi connectivity index (χ1v) is 5.20. The molecule has 5 nitrogen and oxygen atoms in total. The van der Waals surface area contributed by atoms with Crippen molar-refractivity contribution in [2.24, 2.45) is 0 Å². The Labute approximate surface area is 102 Å². The zero-order chi connectivity index (χ0) is 13.0. The van der Waals surface area contributed by atoms with Gasteiger partial charge in [-0.25, -0.2) is 4.79 Å². The van der Waals surface area contributed by atoms with Gasteiger partial charge in [0.1, 0.15) is 18.6 Å². The second kappa shape index (κ2) is 5.29. The van der Waals surface area contributed by atoms with Crippen LogP contribution in [0.3, 0.4) is 0 Å². The summed E-state index contributed by atoms with van der Waals surface area (Å²) in [6.07, 6.45) is 1.01. The molecule has 1 aromatic carbocycles. The van der Waals surface area contributed by atoms with E-state index in [1.54, 1.807) is 30.3 Å². The summed E-state index contributed by atoms with van der Waals surface area (Å²) in [7, 11) is 0. The fourth-order valence-corrected chi connectivity index (χ4v) is 1.33. The van der Waals surface area contributed by atoms with Crippen LogP contribution in [0.25, 0.3) is 0 Å². The zero-order valence-corrected chi connectivity index (χ0v) is 9.33. The fourth-order valence-electron chi connectivity index (χ4n) is 1.33. The molecule has 0 aliphatic rings. The van der Waals surface area contributed by atoms with Gasteiger partial charge in [0.15, 0.2) is 0 Å². The first-order valence-electron chi connectivity index (χ1n) is 5.20. The zero-order valence-electron chi connectivity index (χ0n) is 9.33. The van der Waals surface area contributed by atoms with E-state index in [0.29, 0.717) is 5.56 Å². The summed E-state index contributed by atoms with van der Waals surface area (Å²) in [6, 6.07) is 9.37. The van der Waals surface area contributed by atoms with Crippen LogP contribution in [0.15, 0.2) is 51.9 Å². The highest BCUT2D eigenvalue weighted by molar-refractivity contribution is 5.90. The van der Waals surface area contributed by atoms with Gasteiger partial charge in [-0.15, -0.1) is 0 Å². The molecule has 0 saturated heterocycles. The van der Waals surface area contributed by atoms with E-state index >= 15 is 0 Å². The molecule has 2 rings (SSSR count). The summed E-state index contributed by atoms with van der Waals surface area (Å²) >= 11 is 0. The first-order chi connectivity index (χ1) is 8.70. The lowest BCUT2D eigenvalue weighted by Crippen LogP contribution is -2.14. The molecule has 1 heterocycles. The normalized spacial score (nSPS) is 10.1. The van der Waals surface area contributed by atoms with E-state index in [0.717, 1.165) is 12.3 Å². The molecule has 2 aromatic rings. The van der Waals surface area contributed by atoms with Crippen molar-refractivity contribution in [3.05, 3.63) is 64.2 Å². The van der Waals surface area contributed by atoms with Crippen molar-refractivity contribution in [1.29, 1.82) is 0 Å². The van der Waals surface area contributed by atoms with Crippen LogP contribution < -0.4 is 10.2 Å². The number of hydrogen-bond acceptors (Lipinski definition) is 5. The summed E-state index contributed by atoms with van der Waals surface area (Å²) in [4.78, 5) is 23.2. The van der Waals surface area contributed by atoms with Gasteiger partial charge < -0.3 is 14.3 Å². The van der Waals surface area contributed by atoms with E-state index in [2.05, 4.69) is 0 Å². The average Bonchev–Trinajstić information content (AvgIpc) is 2.42. The van der Waals surface area contributed by atoms with Crippen molar-refractivity contribution in [3.63, 3.8) is 0 Å². The monoisotopic (exact) mass is 246 g/mol. The molecule has 0 fully saturated rings. The first kappa shape index (κ1) is 12.1. The Kier molecular flexibility index (Phi) is 3.54. The van der Waals surface area contributed by atoms with Gasteiger partial charge in [-0.1, -0.05) is 18.2 Å². The van der Waals surface area contributed by atoms with Crippen LogP contribution in [0, 0.1) is 0 Å². The number of aliphatic hydroxyl groups is 1. The Morgan fingerprint density at radius 1 is 1.28 bits per heavy atom. The van der Waals surface area contributed by atoms with Crippen LogP contribution >= 0.6 is 0 Å². The van der Waals surface area contributed by atoms with Gasteiger partial charge in [0.2, 0.25) is 11.2 Å². The Bertz CT molecular complexity index is 600. The van der Waals surface area contributed by atoms with Gasteiger partial charge in [0.05, 0.1) is 5.56 Å². The van der Waals surface area contributed by atoms with Crippen LogP contribution in [0.5, 0.6) is 5.75 Å². The number of aliphatic hydroxyl groups excluding tert-OH is 1. The van der Waals surface area contributed by atoms with Crippen molar-refractivity contribution in [2.45, 2.75) is 6.61 Å². The smallest absolute Gasteiger partial charge is 0.343 e. The predicted molar refractivity (Wildman–Crippen MR) is 62.3 cm³/mol. The molecule has 0 atom stereocenters. The molecule has 0 unspecified atom stereocenters. The maximum absolute atomic E-state index is 11.7. The van der Waals surface area contributed by atoms with E-state index in [-0.39, 0.29) is 18.1 Å². The minimum Gasteiger partial charge on any atom is -0.463 e. The third-order valence-corrected chi connectivity index (χ3v) is 2.22. The largest absolute Gasteiger partial charge is 0.463 e. The standard InChI is InChI=1S/C13H10O5/c14-7-10-6-11(15)12(8-17-10)18-13(16)9-4-2-1-3-5-9/h1-6,8,14H,7H2. The summed E-state index contributed by atoms with van der Waals surface area (Å²) in [6.45, 7) is -0.387. The number of ether oxygens (including phenoxy) is 1. The topological polar surface area (TPSA) is 76.7 Å². The van der Waals surface area contributed by atoms with Gasteiger partial charge >= 0.3 is 5.97 Å². The highest BCUT2D eigenvalue weighted by Crippen LogP contribution is 2.09. The molecule has 92 valence electrons. The number of carbonyl (C=O) groups excluding carboxylic acids is 1. The molecule has 5 heteroatoms. The highest BCUT2D eigenvalue weighted by atomic mass is 16.5. The van der Waals surface area contributed by atoms with Crippen molar-refractivity contribution >= 4 is 5.97 Å². The Hall–Kier alpha value is -2.40. The van der Waals surface area contributed by atoms with Crippen LogP contribution in [0.2, 0.25) is 0 Å². The lowest BCUT2D eigenvalue weighted by molar-refractivity contribution is 0.0728. The molecule has 0 spiro atoms. The van der Waals surface area contributed by atoms with E-state index in [4.69, 9.17) is 14.3 Å². The van der Waals surface area contributed by atoms with Crippen LogP contribution in [-0.2, 0) is 6.61 Å². The van der Waals surface area contributed by atoms with E-state index in [9.17, 15) is 9.59 Å². The van der Waals surface area contributed by atoms with Gasteiger partial charge in [0, 0.05) is 6.07 Å². The van der Waals surface area contributed by atoms with Crippen molar-refractivity contribution < 1.29 is 19.1 Å². The molecule has 0 bridgehead atoms. The SMILES string of the molecule is O=C(Oc1coc(CO)cc1=O)c1ccccc1. The lowest BCUT2D eigenvalue weighted by atomic mass is 10.2. The number of carbonyl (C=O) groups is 1. The van der Waals surface area contributed by atoms with Crippen LogP contribution in [0.1, 0.15) is 16.1 Å². The molecule has 0 saturated carbocycles. The summed E-state index contributed by atoms with van der Waals surface area (Å²) < 4.78 is 9.80. The number of rotatable bonds is 3. The van der Waals surface area contributed by atoms with Crippen LogP contribution in [0.4, 0.5) is 0 Å². The van der Waals surface area contributed by atoms with Gasteiger partial charge in [-0.3, -0.25) is 4.79 Å². The second-order valence-electron chi connectivity index (χ2n) is 3.49. The van der Waals surface area contributed by atoms with E-state index < -0.39 is 11.4 Å². The Morgan fingerprint density at radius 2 is 2.00 bits per heavy atom. The molecular weight excluding hydrogens is 236 g/mol. The molecular formula is C13H10O5. The Morgan fingerprint density at radius 3 is 2.61 bits per heavy atom. The van der Waals surface area contributed by atoms with Crippen molar-refractivity contribution in [1.82, 2.24) is 0 Å². The molecule has 0 aliphatic carbocycles. The Balaban J connectivity index is 2.20. The minimum absolute atomic E-state index is 0.111. The van der Waals surface area contributed by atoms with E-state index in [1.165, 1.54) is 0 Å². The van der Waals surface area contributed by atoms with E-state index in [1.807, 2.05) is 0 Å². The third-order valence-electron chi connectivity index (χ3n) is 2.22. The van der Waals surface area contributed by atoms with Gasteiger partial charge in [0.25, 0.3) is 0 Å². The molecule has 1 aromatic heterocycles. The number of esters is 1.